The summed E-state index contributed by atoms with van der Waals surface area (Å²) in [7, 11) is 0. The van der Waals surface area contributed by atoms with Crippen LogP contribution in [0.15, 0.2) is 33.7 Å². The minimum atomic E-state index is 0.000896. The molecule has 1 amide bonds. The van der Waals surface area contributed by atoms with Crippen molar-refractivity contribution in [3.63, 3.8) is 0 Å². The van der Waals surface area contributed by atoms with Crippen LogP contribution in [0.1, 0.15) is 26.2 Å². The van der Waals surface area contributed by atoms with Crippen LogP contribution < -0.4 is 20.9 Å². The Balaban J connectivity index is 1.53. The Bertz CT molecular complexity index is 632. The predicted octanol–water partition coefficient (Wildman–Crippen LogP) is 1.86. The van der Waals surface area contributed by atoms with Gasteiger partial charge in [0.05, 0.1) is 5.69 Å². The maximum absolute atomic E-state index is 11.8. The van der Waals surface area contributed by atoms with Gasteiger partial charge in [0, 0.05) is 36.2 Å². The summed E-state index contributed by atoms with van der Waals surface area (Å²) in [5, 5.41) is 9.66. The fourth-order valence-electron chi connectivity index (χ4n) is 2.97. The number of carbonyl (C=O) groups is 1. The second kappa shape index (κ2) is 8.56. The lowest BCUT2D eigenvalue weighted by Crippen LogP contribution is -2.45. The molecule has 1 aromatic carbocycles. The standard InChI is InChI=1S/C18H26BrN5O/c1-2-20-18(21-11-17(25)22-13-7-8-13)23-14-9-10-24(12-14)16-6-4-3-5-15(16)19/h3-6,13-14H,2,7-12H2,1H3,(H,22,25)(H2,20,21,23). The van der Waals surface area contributed by atoms with Gasteiger partial charge in [-0.3, -0.25) is 4.79 Å². The topological polar surface area (TPSA) is 68.8 Å². The highest BCUT2D eigenvalue weighted by Gasteiger charge is 2.25. The first kappa shape index (κ1) is 18.0. The summed E-state index contributed by atoms with van der Waals surface area (Å²) in [5.41, 5.74) is 1.22. The number of benzene rings is 1. The van der Waals surface area contributed by atoms with Crippen LogP contribution in [0.5, 0.6) is 0 Å². The first-order valence-corrected chi connectivity index (χ1v) is 9.78. The number of hydrogen-bond donors (Lipinski definition) is 3. The Morgan fingerprint density at radius 2 is 2.04 bits per heavy atom. The molecular formula is C18H26BrN5O. The van der Waals surface area contributed by atoms with E-state index in [1.165, 1.54) is 5.69 Å². The predicted molar refractivity (Wildman–Crippen MR) is 105 cm³/mol. The van der Waals surface area contributed by atoms with E-state index in [2.05, 4.69) is 60.0 Å². The van der Waals surface area contributed by atoms with Crippen LogP contribution in [-0.2, 0) is 4.79 Å². The Kier molecular flexibility index (Phi) is 6.18. The maximum atomic E-state index is 11.8. The summed E-state index contributed by atoms with van der Waals surface area (Å²) in [6, 6.07) is 8.99. The SMILES string of the molecule is CCNC(=NCC(=O)NC1CC1)NC1CCN(c2ccccc2Br)C1. The third-order valence-corrected chi connectivity index (χ3v) is 5.06. The van der Waals surface area contributed by atoms with Crippen LogP contribution >= 0.6 is 15.9 Å². The van der Waals surface area contributed by atoms with E-state index in [1.54, 1.807) is 0 Å². The number of guanidine groups is 1. The third kappa shape index (κ3) is 5.36. The van der Waals surface area contributed by atoms with E-state index in [9.17, 15) is 4.79 Å². The molecule has 0 spiro atoms. The number of para-hydroxylation sites is 1. The van der Waals surface area contributed by atoms with Crippen LogP contribution in [0, 0.1) is 0 Å². The molecule has 1 saturated carbocycles. The average molecular weight is 408 g/mol. The Morgan fingerprint density at radius 3 is 2.76 bits per heavy atom. The fourth-order valence-corrected chi connectivity index (χ4v) is 3.51. The molecule has 1 heterocycles. The van der Waals surface area contributed by atoms with Crippen molar-refractivity contribution < 1.29 is 4.79 Å². The molecule has 3 rings (SSSR count). The number of rotatable bonds is 6. The molecule has 1 saturated heterocycles. The minimum absolute atomic E-state index is 0.000896. The summed E-state index contributed by atoms with van der Waals surface area (Å²) in [6.45, 7) is 4.90. The average Bonchev–Trinajstić information content (AvgIpc) is 3.29. The molecule has 1 aliphatic carbocycles. The fraction of sp³-hybridized carbons (Fsp3) is 0.556. The summed E-state index contributed by atoms with van der Waals surface area (Å²) in [4.78, 5) is 18.6. The van der Waals surface area contributed by atoms with Gasteiger partial charge in [0.2, 0.25) is 5.91 Å². The number of aliphatic imine (C=N–C) groups is 1. The summed E-state index contributed by atoms with van der Waals surface area (Å²) in [6.07, 6.45) is 3.24. The van der Waals surface area contributed by atoms with Gasteiger partial charge in [0.15, 0.2) is 5.96 Å². The van der Waals surface area contributed by atoms with Crippen LogP contribution in [0.2, 0.25) is 0 Å². The number of halogens is 1. The van der Waals surface area contributed by atoms with Crippen molar-refractivity contribution in [2.75, 3.05) is 31.1 Å². The van der Waals surface area contributed by atoms with Gasteiger partial charge in [-0.15, -0.1) is 0 Å². The first-order valence-electron chi connectivity index (χ1n) is 8.99. The molecule has 6 nitrogen and oxygen atoms in total. The normalized spacial score (nSPS) is 20.5. The molecular weight excluding hydrogens is 382 g/mol. The van der Waals surface area contributed by atoms with Crippen molar-refractivity contribution in [1.82, 2.24) is 16.0 Å². The zero-order chi connectivity index (χ0) is 17.6. The molecule has 2 aliphatic rings. The van der Waals surface area contributed by atoms with E-state index in [-0.39, 0.29) is 12.5 Å². The van der Waals surface area contributed by atoms with Crippen LogP contribution in [0.3, 0.4) is 0 Å². The number of nitrogens with zero attached hydrogens (tertiary/aromatic N) is 2. The van der Waals surface area contributed by atoms with Crippen LogP contribution in [0.25, 0.3) is 0 Å². The highest BCUT2D eigenvalue weighted by atomic mass is 79.9. The zero-order valence-corrected chi connectivity index (χ0v) is 16.2. The van der Waals surface area contributed by atoms with E-state index in [0.717, 1.165) is 43.4 Å². The van der Waals surface area contributed by atoms with Gasteiger partial charge in [-0.05, 0) is 54.2 Å². The van der Waals surface area contributed by atoms with E-state index >= 15 is 0 Å². The largest absolute Gasteiger partial charge is 0.368 e. The molecule has 7 heteroatoms. The van der Waals surface area contributed by atoms with Gasteiger partial charge < -0.3 is 20.9 Å². The quantitative estimate of drug-likeness (QED) is 0.497. The Morgan fingerprint density at radius 1 is 1.24 bits per heavy atom. The Hall–Kier alpha value is -1.76. The molecule has 1 aromatic rings. The summed E-state index contributed by atoms with van der Waals surface area (Å²) < 4.78 is 1.12. The maximum Gasteiger partial charge on any atom is 0.242 e. The van der Waals surface area contributed by atoms with Crippen molar-refractivity contribution in [1.29, 1.82) is 0 Å². The number of carbonyl (C=O) groups excluding carboxylic acids is 1. The molecule has 1 aliphatic heterocycles. The van der Waals surface area contributed by atoms with Gasteiger partial charge in [-0.2, -0.15) is 0 Å². The molecule has 1 unspecified atom stereocenters. The van der Waals surface area contributed by atoms with Gasteiger partial charge >= 0.3 is 0 Å². The molecule has 25 heavy (non-hydrogen) atoms. The molecule has 1 atom stereocenters. The van der Waals surface area contributed by atoms with Crippen molar-refractivity contribution in [2.24, 2.45) is 4.99 Å². The molecule has 136 valence electrons. The van der Waals surface area contributed by atoms with Crippen LogP contribution in [-0.4, -0.2) is 50.1 Å². The van der Waals surface area contributed by atoms with Crippen LogP contribution in [0.4, 0.5) is 5.69 Å². The number of nitrogens with one attached hydrogen (secondary N) is 3. The lowest BCUT2D eigenvalue weighted by atomic mass is 10.3. The highest BCUT2D eigenvalue weighted by molar-refractivity contribution is 9.10. The smallest absolute Gasteiger partial charge is 0.242 e. The first-order chi connectivity index (χ1) is 12.2. The second-order valence-corrected chi connectivity index (χ2v) is 7.42. The monoisotopic (exact) mass is 407 g/mol. The molecule has 0 radical (unpaired) electrons. The summed E-state index contributed by atoms with van der Waals surface area (Å²) >= 11 is 3.62. The number of amides is 1. The minimum Gasteiger partial charge on any atom is -0.368 e. The summed E-state index contributed by atoms with van der Waals surface area (Å²) in [5.74, 6) is 0.716. The van der Waals surface area contributed by atoms with Gasteiger partial charge in [-0.25, -0.2) is 4.99 Å². The molecule has 0 bridgehead atoms. The number of hydrogen-bond acceptors (Lipinski definition) is 3. The van der Waals surface area contributed by atoms with Crippen molar-refractivity contribution in [3.8, 4) is 0 Å². The highest BCUT2D eigenvalue weighted by Crippen LogP contribution is 2.28. The number of anilines is 1. The van der Waals surface area contributed by atoms with E-state index < -0.39 is 0 Å². The van der Waals surface area contributed by atoms with E-state index in [0.29, 0.717) is 18.0 Å². The van der Waals surface area contributed by atoms with E-state index in [1.807, 2.05) is 13.0 Å². The van der Waals surface area contributed by atoms with Gasteiger partial charge in [0.25, 0.3) is 0 Å². The van der Waals surface area contributed by atoms with E-state index in [4.69, 9.17) is 0 Å². The molecule has 3 N–H and O–H groups in total. The van der Waals surface area contributed by atoms with Gasteiger partial charge in [-0.1, -0.05) is 12.1 Å². The molecule has 2 fully saturated rings. The zero-order valence-electron chi connectivity index (χ0n) is 14.6. The van der Waals surface area contributed by atoms with Gasteiger partial charge in [0.1, 0.15) is 6.54 Å². The van der Waals surface area contributed by atoms with Crippen molar-refractivity contribution in [2.45, 2.75) is 38.3 Å². The second-order valence-electron chi connectivity index (χ2n) is 6.56. The third-order valence-electron chi connectivity index (χ3n) is 4.39. The van der Waals surface area contributed by atoms with Crippen molar-refractivity contribution >= 4 is 33.5 Å². The molecule has 0 aromatic heterocycles. The Labute approximate surface area is 157 Å². The van der Waals surface area contributed by atoms with Crippen molar-refractivity contribution in [3.05, 3.63) is 28.7 Å². The lowest BCUT2D eigenvalue weighted by Gasteiger charge is -2.21. The lowest BCUT2D eigenvalue weighted by molar-refractivity contribution is -0.119.